The average Bonchev–Trinajstić information content (AvgIpc) is 3.28. The van der Waals surface area contributed by atoms with Crippen LogP contribution >= 0.6 is 15.9 Å². The number of hydrogen-bond acceptors (Lipinski definition) is 7. The Morgan fingerprint density at radius 2 is 1.94 bits per heavy atom. The van der Waals surface area contributed by atoms with Gasteiger partial charge in [0.15, 0.2) is 5.76 Å². The summed E-state index contributed by atoms with van der Waals surface area (Å²) in [7, 11) is 0. The van der Waals surface area contributed by atoms with Gasteiger partial charge in [0.05, 0.1) is 27.3 Å². The SMILES string of the molecule is O=C(Nc1cc(Oc2cccnc2)cc([N+](=O)[O-])c1)c1ccc(COc2ccccc2Br)o1. The number of rotatable bonds is 8. The number of hydrogen-bond donors (Lipinski definition) is 1. The van der Waals surface area contributed by atoms with Crippen LogP contribution in [-0.2, 0) is 6.61 Å². The van der Waals surface area contributed by atoms with Gasteiger partial charge >= 0.3 is 0 Å². The number of furan rings is 1. The molecule has 2 aromatic heterocycles. The largest absolute Gasteiger partial charge is 0.484 e. The number of carbonyl (C=O) groups excluding carboxylic acids is 1. The highest BCUT2D eigenvalue weighted by Crippen LogP contribution is 2.30. The molecule has 0 fully saturated rings. The molecular formula is C23H16BrN3O6. The lowest BCUT2D eigenvalue weighted by Crippen LogP contribution is -2.11. The van der Waals surface area contributed by atoms with Crippen LogP contribution in [0.3, 0.4) is 0 Å². The van der Waals surface area contributed by atoms with E-state index in [0.717, 1.165) is 4.47 Å². The van der Waals surface area contributed by atoms with Crippen molar-refractivity contribution in [3.63, 3.8) is 0 Å². The first-order chi connectivity index (χ1) is 16.0. The van der Waals surface area contributed by atoms with Crippen molar-refractivity contribution in [3.05, 3.63) is 105 Å². The van der Waals surface area contributed by atoms with E-state index >= 15 is 0 Å². The molecule has 0 unspecified atom stereocenters. The zero-order valence-electron chi connectivity index (χ0n) is 16.9. The number of non-ortho nitro benzene ring substituents is 1. The zero-order chi connectivity index (χ0) is 23.2. The molecular weight excluding hydrogens is 494 g/mol. The first-order valence-corrected chi connectivity index (χ1v) is 10.4. The van der Waals surface area contributed by atoms with E-state index in [0.29, 0.717) is 17.3 Å². The van der Waals surface area contributed by atoms with Crippen molar-refractivity contribution in [2.75, 3.05) is 5.32 Å². The molecule has 166 valence electrons. The van der Waals surface area contributed by atoms with Crippen LogP contribution < -0.4 is 14.8 Å². The molecule has 0 atom stereocenters. The predicted octanol–water partition coefficient (Wildman–Crippen LogP) is 5.97. The van der Waals surface area contributed by atoms with Crippen LogP contribution in [0.2, 0.25) is 0 Å². The van der Waals surface area contributed by atoms with Crippen LogP contribution in [0.4, 0.5) is 11.4 Å². The van der Waals surface area contributed by atoms with Crippen LogP contribution in [-0.4, -0.2) is 15.8 Å². The lowest BCUT2D eigenvalue weighted by molar-refractivity contribution is -0.384. The minimum Gasteiger partial charge on any atom is -0.484 e. The third kappa shape index (κ3) is 5.74. The monoisotopic (exact) mass is 509 g/mol. The fourth-order valence-electron chi connectivity index (χ4n) is 2.84. The van der Waals surface area contributed by atoms with Gasteiger partial charge < -0.3 is 19.2 Å². The van der Waals surface area contributed by atoms with E-state index in [9.17, 15) is 14.9 Å². The quantitative estimate of drug-likeness (QED) is 0.229. The van der Waals surface area contributed by atoms with Gasteiger partial charge in [-0.25, -0.2) is 0 Å². The van der Waals surface area contributed by atoms with E-state index in [1.54, 1.807) is 30.5 Å². The van der Waals surface area contributed by atoms with Gasteiger partial charge in [0.2, 0.25) is 0 Å². The van der Waals surface area contributed by atoms with Crippen LogP contribution in [0.25, 0.3) is 0 Å². The third-order valence-corrected chi connectivity index (χ3v) is 4.98. The van der Waals surface area contributed by atoms with Crippen LogP contribution in [0.15, 0.2) is 88.0 Å². The number of benzene rings is 2. The molecule has 0 aliphatic carbocycles. The second-order valence-corrected chi connectivity index (χ2v) is 7.56. The molecule has 0 saturated carbocycles. The van der Waals surface area contributed by atoms with Crippen LogP contribution in [0.5, 0.6) is 17.2 Å². The summed E-state index contributed by atoms with van der Waals surface area (Å²) in [5.74, 6) is 1.11. The molecule has 4 aromatic rings. The van der Waals surface area contributed by atoms with Crippen LogP contribution in [0, 0.1) is 10.1 Å². The highest BCUT2D eigenvalue weighted by Gasteiger charge is 2.16. The van der Waals surface area contributed by atoms with Gasteiger partial charge in [0.1, 0.15) is 29.6 Å². The van der Waals surface area contributed by atoms with Crippen molar-refractivity contribution in [1.82, 2.24) is 4.98 Å². The normalized spacial score (nSPS) is 10.5. The number of nitrogens with zero attached hydrogens (tertiary/aromatic N) is 2. The number of para-hydroxylation sites is 1. The summed E-state index contributed by atoms with van der Waals surface area (Å²) in [5.41, 5.74) is -0.0656. The van der Waals surface area contributed by atoms with Gasteiger partial charge in [-0.2, -0.15) is 0 Å². The summed E-state index contributed by atoms with van der Waals surface area (Å²) in [4.78, 5) is 27.3. The number of nitro groups is 1. The first-order valence-electron chi connectivity index (χ1n) is 9.63. The predicted molar refractivity (Wildman–Crippen MR) is 123 cm³/mol. The fourth-order valence-corrected chi connectivity index (χ4v) is 3.24. The molecule has 0 bridgehead atoms. The van der Waals surface area contributed by atoms with Gasteiger partial charge in [0.25, 0.3) is 11.6 Å². The van der Waals surface area contributed by atoms with Crippen molar-refractivity contribution >= 4 is 33.2 Å². The van der Waals surface area contributed by atoms with E-state index in [-0.39, 0.29) is 29.5 Å². The first kappa shape index (κ1) is 22.0. The van der Waals surface area contributed by atoms with E-state index in [4.69, 9.17) is 13.9 Å². The summed E-state index contributed by atoms with van der Waals surface area (Å²) >= 11 is 3.40. The standard InChI is InChI=1S/C23H16BrN3O6/c24-20-5-1-2-6-21(20)31-14-18-7-8-22(33-18)23(28)26-15-10-16(27(29)30)12-19(11-15)32-17-4-3-9-25-13-17/h1-13H,14H2,(H,26,28). The smallest absolute Gasteiger partial charge is 0.291 e. The van der Waals surface area contributed by atoms with E-state index in [1.165, 1.54) is 30.5 Å². The van der Waals surface area contributed by atoms with Crippen molar-refractivity contribution in [2.24, 2.45) is 0 Å². The number of halogens is 1. The number of nitro benzene ring substituents is 1. The Hall–Kier alpha value is -4.18. The molecule has 4 rings (SSSR count). The van der Waals surface area contributed by atoms with E-state index < -0.39 is 10.8 Å². The Balaban J connectivity index is 1.46. The summed E-state index contributed by atoms with van der Waals surface area (Å²) in [6.07, 6.45) is 3.05. The number of amides is 1. The molecule has 2 heterocycles. The molecule has 0 radical (unpaired) electrons. The summed E-state index contributed by atoms with van der Waals surface area (Å²) in [6.45, 7) is 0.121. The molecule has 1 amide bonds. The number of anilines is 1. The van der Waals surface area contributed by atoms with Gasteiger partial charge in [-0.15, -0.1) is 0 Å². The van der Waals surface area contributed by atoms with E-state index in [2.05, 4.69) is 26.2 Å². The summed E-state index contributed by atoms with van der Waals surface area (Å²) in [5, 5.41) is 13.9. The number of aromatic nitrogens is 1. The van der Waals surface area contributed by atoms with Gasteiger partial charge in [0, 0.05) is 18.3 Å². The second kappa shape index (κ2) is 9.96. The molecule has 0 spiro atoms. The molecule has 0 saturated heterocycles. The maximum atomic E-state index is 12.6. The van der Waals surface area contributed by atoms with Crippen molar-refractivity contribution < 1.29 is 23.6 Å². The van der Waals surface area contributed by atoms with Gasteiger partial charge in [-0.05, 0) is 52.3 Å². The molecule has 1 N–H and O–H groups in total. The van der Waals surface area contributed by atoms with Crippen molar-refractivity contribution in [1.29, 1.82) is 0 Å². The molecule has 10 heteroatoms. The number of pyridine rings is 1. The summed E-state index contributed by atoms with van der Waals surface area (Å²) < 4.78 is 17.7. The number of carbonyl (C=O) groups is 1. The maximum Gasteiger partial charge on any atom is 0.291 e. The Morgan fingerprint density at radius 3 is 2.70 bits per heavy atom. The van der Waals surface area contributed by atoms with Crippen molar-refractivity contribution in [3.8, 4) is 17.2 Å². The van der Waals surface area contributed by atoms with Crippen LogP contribution in [0.1, 0.15) is 16.3 Å². The fraction of sp³-hybridized carbons (Fsp3) is 0.0435. The lowest BCUT2D eigenvalue weighted by atomic mass is 10.2. The van der Waals surface area contributed by atoms with E-state index in [1.807, 2.05) is 18.2 Å². The zero-order valence-corrected chi connectivity index (χ0v) is 18.5. The van der Waals surface area contributed by atoms with Crippen molar-refractivity contribution in [2.45, 2.75) is 6.61 Å². The highest BCUT2D eigenvalue weighted by atomic mass is 79.9. The number of ether oxygens (including phenoxy) is 2. The number of nitrogens with one attached hydrogen (secondary N) is 1. The lowest BCUT2D eigenvalue weighted by Gasteiger charge is -2.09. The molecule has 2 aromatic carbocycles. The third-order valence-electron chi connectivity index (χ3n) is 4.32. The molecule has 0 aliphatic heterocycles. The minimum absolute atomic E-state index is 0.0296. The highest BCUT2D eigenvalue weighted by molar-refractivity contribution is 9.10. The Bertz CT molecular complexity index is 1290. The molecule has 33 heavy (non-hydrogen) atoms. The Labute approximate surface area is 196 Å². The maximum absolute atomic E-state index is 12.6. The molecule has 0 aliphatic rings. The minimum atomic E-state index is -0.574. The topological polar surface area (TPSA) is 117 Å². The average molecular weight is 510 g/mol. The van der Waals surface area contributed by atoms with Gasteiger partial charge in [-0.1, -0.05) is 12.1 Å². The second-order valence-electron chi connectivity index (χ2n) is 6.70. The Kier molecular flexibility index (Phi) is 6.65. The Morgan fingerprint density at radius 1 is 1.09 bits per heavy atom. The van der Waals surface area contributed by atoms with Gasteiger partial charge in [-0.3, -0.25) is 19.9 Å². The molecule has 9 nitrogen and oxygen atoms in total. The summed E-state index contributed by atoms with van der Waals surface area (Å²) in [6, 6.07) is 17.8.